The summed E-state index contributed by atoms with van der Waals surface area (Å²) >= 11 is 0. The van der Waals surface area contributed by atoms with Crippen molar-refractivity contribution >= 4 is 11.7 Å². The minimum atomic E-state index is -0.0525. The average Bonchev–Trinajstić information content (AvgIpc) is 2.26. The molecule has 1 aromatic rings. The lowest BCUT2D eigenvalue weighted by atomic mass is 10.1. The van der Waals surface area contributed by atoms with Gasteiger partial charge in [-0.3, -0.25) is 0 Å². The summed E-state index contributed by atoms with van der Waals surface area (Å²) in [4.78, 5) is 13.9. The Kier molecular flexibility index (Phi) is 5.01. The molecule has 0 aromatic heterocycles. The fraction of sp³-hybridized carbons (Fsp3) is 0.500. The fourth-order valence-electron chi connectivity index (χ4n) is 1.68. The van der Waals surface area contributed by atoms with Gasteiger partial charge in [0, 0.05) is 24.3 Å². The molecule has 0 aliphatic rings. The van der Waals surface area contributed by atoms with Crippen LogP contribution < -0.4 is 11.1 Å². The topological polar surface area (TPSA) is 58.4 Å². The maximum atomic E-state index is 12.1. The van der Waals surface area contributed by atoms with Crippen molar-refractivity contribution < 1.29 is 4.79 Å². The molecule has 0 fully saturated rings. The van der Waals surface area contributed by atoms with Crippen molar-refractivity contribution in [2.75, 3.05) is 5.73 Å². The SMILES string of the molecule is CC(C)NC(=O)N(Cc1ccccc1N)C(C)C. The Labute approximate surface area is 109 Å². The van der Waals surface area contributed by atoms with Crippen molar-refractivity contribution in [3.05, 3.63) is 29.8 Å². The first-order valence-corrected chi connectivity index (χ1v) is 6.32. The van der Waals surface area contributed by atoms with E-state index in [1.807, 2.05) is 52.0 Å². The number of carbonyl (C=O) groups excluding carboxylic acids is 1. The number of benzene rings is 1. The van der Waals surface area contributed by atoms with Gasteiger partial charge in [0.05, 0.1) is 0 Å². The number of hydrogen-bond donors (Lipinski definition) is 2. The third-order valence-electron chi connectivity index (χ3n) is 2.69. The lowest BCUT2D eigenvalue weighted by Crippen LogP contribution is -2.45. The summed E-state index contributed by atoms with van der Waals surface area (Å²) < 4.78 is 0. The fourth-order valence-corrected chi connectivity index (χ4v) is 1.68. The summed E-state index contributed by atoms with van der Waals surface area (Å²) in [6, 6.07) is 7.84. The van der Waals surface area contributed by atoms with Gasteiger partial charge in [0.1, 0.15) is 0 Å². The molecule has 0 radical (unpaired) electrons. The second kappa shape index (κ2) is 6.28. The van der Waals surface area contributed by atoms with E-state index in [2.05, 4.69) is 5.32 Å². The Hall–Kier alpha value is -1.71. The molecular formula is C14H23N3O. The number of urea groups is 1. The van der Waals surface area contributed by atoms with Gasteiger partial charge in [0.15, 0.2) is 0 Å². The third-order valence-corrected chi connectivity index (χ3v) is 2.69. The number of rotatable bonds is 4. The van der Waals surface area contributed by atoms with Gasteiger partial charge in [-0.2, -0.15) is 0 Å². The second-order valence-corrected chi connectivity index (χ2v) is 5.02. The van der Waals surface area contributed by atoms with Crippen LogP contribution in [0.2, 0.25) is 0 Å². The summed E-state index contributed by atoms with van der Waals surface area (Å²) in [6.45, 7) is 8.43. The third kappa shape index (κ3) is 3.95. The van der Waals surface area contributed by atoms with Gasteiger partial charge in [-0.1, -0.05) is 18.2 Å². The number of nitrogen functional groups attached to an aromatic ring is 1. The van der Waals surface area contributed by atoms with E-state index in [4.69, 9.17) is 5.73 Å². The van der Waals surface area contributed by atoms with E-state index in [1.54, 1.807) is 4.90 Å². The summed E-state index contributed by atoms with van der Waals surface area (Å²) in [6.07, 6.45) is 0. The van der Waals surface area contributed by atoms with Crippen LogP contribution in [-0.4, -0.2) is 23.0 Å². The van der Waals surface area contributed by atoms with Gasteiger partial charge in [0.2, 0.25) is 0 Å². The van der Waals surface area contributed by atoms with E-state index in [9.17, 15) is 4.79 Å². The number of nitrogens with zero attached hydrogens (tertiary/aromatic N) is 1. The quantitative estimate of drug-likeness (QED) is 0.806. The van der Waals surface area contributed by atoms with Crippen LogP contribution in [0.5, 0.6) is 0 Å². The van der Waals surface area contributed by atoms with Gasteiger partial charge in [-0.15, -0.1) is 0 Å². The van der Waals surface area contributed by atoms with E-state index in [1.165, 1.54) is 0 Å². The Morgan fingerprint density at radius 1 is 1.28 bits per heavy atom. The molecule has 0 heterocycles. The average molecular weight is 249 g/mol. The molecule has 100 valence electrons. The molecule has 0 bridgehead atoms. The summed E-state index contributed by atoms with van der Waals surface area (Å²) in [5.41, 5.74) is 7.61. The van der Waals surface area contributed by atoms with Gasteiger partial charge < -0.3 is 16.0 Å². The molecule has 0 spiro atoms. The smallest absolute Gasteiger partial charge is 0.318 e. The van der Waals surface area contributed by atoms with Crippen LogP contribution in [0.3, 0.4) is 0 Å². The van der Waals surface area contributed by atoms with E-state index in [0.29, 0.717) is 6.54 Å². The van der Waals surface area contributed by atoms with E-state index < -0.39 is 0 Å². The lowest BCUT2D eigenvalue weighted by molar-refractivity contribution is 0.177. The van der Waals surface area contributed by atoms with Crippen molar-refractivity contribution in [2.24, 2.45) is 0 Å². The van der Waals surface area contributed by atoms with Crippen LogP contribution in [0.1, 0.15) is 33.3 Å². The zero-order valence-corrected chi connectivity index (χ0v) is 11.6. The van der Waals surface area contributed by atoms with Crippen LogP contribution in [0.25, 0.3) is 0 Å². The first-order chi connectivity index (χ1) is 8.41. The number of anilines is 1. The van der Waals surface area contributed by atoms with Crippen LogP contribution in [0.4, 0.5) is 10.5 Å². The highest BCUT2D eigenvalue weighted by Gasteiger charge is 2.18. The van der Waals surface area contributed by atoms with E-state index in [0.717, 1.165) is 11.3 Å². The molecule has 0 atom stereocenters. The van der Waals surface area contributed by atoms with Gasteiger partial charge in [-0.05, 0) is 39.3 Å². The molecule has 3 N–H and O–H groups in total. The maximum absolute atomic E-state index is 12.1. The zero-order chi connectivity index (χ0) is 13.7. The highest BCUT2D eigenvalue weighted by atomic mass is 16.2. The monoisotopic (exact) mass is 249 g/mol. The molecule has 4 heteroatoms. The minimum absolute atomic E-state index is 0.0525. The normalized spacial score (nSPS) is 10.8. The predicted molar refractivity (Wildman–Crippen MR) is 75.2 cm³/mol. The Morgan fingerprint density at radius 2 is 1.89 bits per heavy atom. The summed E-state index contributed by atoms with van der Waals surface area (Å²) in [5, 5.41) is 2.91. The minimum Gasteiger partial charge on any atom is -0.398 e. The number of nitrogens with one attached hydrogen (secondary N) is 1. The predicted octanol–water partition coefficient (Wildman–Crippen LogP) is 2.60. The number of nitrogens with two attached hydrogens (primary N) is 1. The number of amides is 2. The molecule has 0 saturated carbocycles. The molecule has 18 heavy (non-hydrogen) atoms. The van der Waals surface area contributed by atoms with Crippen LogP contribution >= 0.6 is 0 Å². The molecule has 1 aromatic carbocycles. The largest absolute Gasteiger partial charge is 0.398 e. The molecule has 2 amide bonds. The molecule has 1 rings (SSSR count). The molecule has 0 aliphatic heterocycles. The zero-order valence-electron chi connectivity index (χ0n) is 11.6. The van der Waals surface area contributed by atoms with Crippen molar-refractivity contribution in [2.45, 2.75) is 46.3 Å². The number of para-hydroxylation sites is 1. The maximum Gasteiger partial charge on any atom is 0.318 e. The number of hydrogen-bond acceptors (Lipinski definition) is 2. The van der Waals surface area contributed by atoms with Crippen molar-refractivity contribution in [3.8, 4) is 0 Å². The van der Waals surface area contributed by atoms with E-state index in [-0.39, 0.29) is 18.1 Å². The number of carbonyl (C=O) groups is 1. The van der Waals surface area contributed by atoms with Gasteiger partial charge >= 0.3 is 6.03 Å². The summed E-state index contributed by atoms with van der Waals surface area (Å²) in [7, 11) is 0. The highest BCUT2D eigenvalue weighted by molar-refractivity contribution is 5.75. The van der Waals surface area contributed by atoms with Crippen molar-refractivity contribution in [3.63, 3.8) is 0 Å². The lowest BCUT2D eigenvalue weighted by Gasteiger charge is -2.28. The standard InChI is InChI=1S/C14H23N3O/c1-10(2)16-14(18)17(11(3)4)9-12-7-5-6-8-13(12)15/h5-8,10-11H,9,15H2,1-4H3,(H,16,18). The first-order valence-electron chi connectivity index (χ1n) is 6.32. The Morgan fingerprint density at radius 3 is 2.39 bits per heavy atom. The molecule has 0 saturated heterocycles. The molecule has 0 aliphatic carbocycles. The molecule has 4 nitrogen and oxygen atoms in total. The second-order valence-electron chi connectivity index (χ2n) is 5.02. The van der Waals surface area contributed by atoms with Gasteiger partial charge in [0.25, 0.3) is 0 Å². The first kappa shape index (κ1) is 14.4. The Bertz CT molecular complexity index is 402. The molecular weight excluding hydrogens is 226 g/mol. The van der Waals surface area contributed by atoms with Crippen LogP contribution in [0, 0.1) is 0 Å². The van der Waals surface area contributed by atoms with E-state index >= 15 is 0 Å². The molecule has 0 unspecified atom stereocenters. The Balaban J connectivity index is 2.81. The van der Waals surface area contributed by atoms with Gasteiger partial charge in [-0.25, -0.2) is 4.79 Å². The van der Waals surface area contributed by atoms with Crippen LogP contribution in [-0.2, 0) is 6.54 Å². The van der Waals surface area contributed by atoms with Crippen LogP contribution in [0.15, 0.2) is 24.3 Å². The van der Waals surface area contributed by atoms with Crippen molar-refractivity contribution in [1.29, 1.82) is 0 Å². The summed E-state index contributed by atoms with van der Waals surface area (Å²) in [5.74, 6) is 0. The highest BCUT2D eigenvalue weighted by Crippen LogP contribution is 2.15. The van der Waals surface area contributed by atoms with Crippen molar-refractivity contribution in [1.82, 2.24) is 10.2 Å².